The molecular formula is C23H27N3O2. The Balaban J connectivity index is 1.42. The van der Waals surface area contributed by atoms with Crippen molar-refractivity contribution in [3.63, 3.8) is 0 Å². The molecule has 5 nitrogen and oxygen atoms in total. The van der Waals surface area contributed by atoms with Crippen LogP contribution in [0.5, 0.6) is 0 Å². The van der Waals surface area contributed by atoms with Gasteiger partial charge in [-0.25, -0.2) is 5.43 Å². The van der Waals surface area contributed by atoms with E-state index in [0.717, 1.165) is 44.2 Å². The van der Waals surface area contributed by atoms with Gasteiger partial charge in [0, 0.05) is 23.4 Å². The number of carbonyl (C=O) groups excluding carboxylic acids is 2. The first kappa shape index (κ1) is 19.8. The van der Waals surface area contributed by atoms with Crippen LogP contribution in [0.15, 0.2) is 59.7 Å². The van der Waals surface area contributed by atoms with Crippen molar-refractivity contribution in [3.05, 3.63) is 65.7 Å². The summed E-state index contributed by atoms with van der Waals surface area (Å²) in [5.41, 5.74) is 5.01. The normalized spacial score (nSPS) is 14.7. The number of nitrogens with zero attached hydrogens (tertiary/aromatic N) is 1. The van der Waals surface area contributed by atoms with Crippen molar-refractivity contribution in [1.82, 2.24) is 5.43 Å². The van der Waals surface area contributed by atoms with Crippen LogP contribution in [0.4, 0.5) is 5.69 Å². The summed E-state index contributed by atoms with van der Waals surface area (Å²) in [6, 6.07) is 17.1. The van der Waals surface area contributed by atoms with Crippen molar-refractivity contribution in [2.45, 2.75) is 44.9 Å². The summed E-state index contributed by atoms with van der Waals surface area (Å²) in [6.45, 7) is 0. The fourth-order valence-electron chi connectivity index (χ4n) is 3.42. The second-order valence-electron chi connectivity index (χ2n) is 7.18. The van der Waals surface area contributed by atoms with Crippen LogP contribution in [0, 0.1) is 5.92 Å². The highest BCUT2D eigenvalue weighted by atomic mass is 16.2. The smallest absolute Gasteiger partial charge is 0.271 e. The van der Waals surface area contributed by atoms with Crippen LogP contribution in [-0.2, 0) is 11.2 Å². The Hall–Kier alpha value is -2.95. The van der Waals surface area contributed by atoms with Crippen LogP contribution in [0.1, 0.15) is 54.4 Å². The van der Waals surface area contributed by atoms with Gasteiger partial charge < -0.3 is 5.32 Å². The predicted octanol–water partition coefficient (Wildman–Crippen LogP) is 4.55. The fraction of sp³-hybridized carbons (Fsp3) is 0.348. The average molecular weight is 377 g/mol. The number of amides is 2. The number of rotatable bonds is 7. The van der Waals surface area contributed by atoms with Gasteiger partial charge in [0.2, 0.25) is 5.91 Å². The minimum atomic E-state index is -0.263. The third-order valence-corrected chi connectivity index (χ3v) is 5.05. The van der Waals surface area contributed by atoms with Gasteiger partial charge in [-0.15, -0.1) is 0 Å². The van der Waals surface area contributed by atoms with E-state index in [0.29, 0.717) is 5.56 Å². The standard InChI is InChI=1S/C23H27N3O2/c27-22(19-11-5-2-6-12-19)25-21-15-13-20(14-16-21)23(28)26-24-17-7-10-18-8-3-1-4-9-18/h1,3-4,8-9,13-17,19H,2,5-7,10-12H2,(H,25,27)(H,26,28)/b24-17+. The van der Waals surface area contributed by atoms with Gasteiger partial charge in [-0.1, -0.05) is 49.6 Å². The number of benzene rings is 2. The average Bonchev–Trinajstić information content (AvgIpc) is 2.75. The molecule has 146 valence electrons. The van der Waals surface area contributed by atoms with Crippen molar-refractivity contribution in [2.75, 3.05) is 5.32 Å². The largest absolute Gasteiger partial charge is 0.326 e. The summed E-state index contributed by atoms with van der Waals surface area (Å²) in [6.07, 6.45) is 8.77. The highest BCUT2D eigenvalue weighted by Gasteiger charge is 2.21. The second-order valence-corrected chi connectivity index (χ2v) is 7.18. The van der Waals surface area contributed by atoms with Crippen molar-refractivity contribution in [1.29, 1.82) is 0 Å². The molecule has 2 aromatic carbocycles. The number of hydrogen-bond acceptors (Lipinski definition) is 3. The molecular weight excluding hydrogens is 350 g/mol. The SMILES string of the molecule is O=C(N/N=C/CCc1ccccc1)c1ccc(NC(=O)C2CCCCC2)cc1. The summed E-state index contributed by atoms with van der Waals surface area (Å²) in [7, 11) is 0. The Morgan fingerprint density at radius 1 is 0.964 bits per heavy atom. The molecule has 0 atom stereocenters. The van der Waals surface area contributed by atoms with Gasteiger partial charge in [-0.3, -0.25) is 9.59 Å². The van der Waals surface area contributed by atoms with Crippen molar-refractivity contribution >= 4 is 23.7 Å². The molecule has 0 heterocycles. The van der Waals surface area contributed by atoms with E-state index in [1.807, 2.05) is 18.2 Å². The highest BCUT2D eigenvalue weighted by molar-refractivity contribution is 5.96. The Bertz CT molecular complexity index is 794. The lowest BCUT2D eigenvalue weighted by atomic mass is 9.88. The molecule has 0 spiro atoms. The van der Waals surface area contributed by atoms with Crippen LogP contribution in [0.25, 0.3) is 0 Å². The molecule has 1 fully saturated rings. The van der Waals surface area contributed by atoms with Crippen LogP contribution >= 0.6 is 0 Å². The van der Waals surface area contributed by atoms with Crippen molar-refractivity contribution in [2.24, 2.45) is 11.0 Å². The van der Waals surface area contributed by atoms with Gasteiger partial charge in [0.1, 0.15) is 0 Å². The second kappa shape index (κ2) is 10.4. The summed E-state index contributed by atoms with van der Waals surface area (Å²) < 4.78 is 0. The van der Waals surface area contributed by atoms with Gasteiger partial charge in [-0.2, -0.15) is 5.10 Å². The van der Waals surface area contributed by atoms with E-state index in [2.05, 4.69) is 28.0 Å². The Labute approximate surface area is 166 Å². The number of hydrazone groups is 1. The van der Waals surface area contributed by atoms with Crippen molar-refractivity contribution in [3.8, 4) is 0 Å². The molecule has 2 amide bonds. The molecule has 2 N–H and O–H groups in total. The zero-order valence-electron chi connectivity index (χ0n) is 16.1. The quantitative estimate of drug-likeness (QED) is 0.549. The van der Waals surface area contributed by atoms with Crippen LogP contribution < -0.4 is 10.7 Å². The molecule has 3 rings (SSSR count). The van der Waals surface area contributed by atoms with E-state index in [-0.39, 0.29) is 17.7 Å². The van der Waals surface area contributed by atoms with Gasteiger partial charge in [0.25, 0.3) is 5.91 Å². The topological polar surface area (TPSA) is 70.6 Å². The number of hydrogen-bond donors (Lipinski definition) is 2. The lowest BCUT2D eigenvalue weighted by Crippen LogP contribution is -2.24. The van der Waals surface area contributed by atoms with Crippen LogP contribution in [0.2, 0.25) is 0 Å². The summed E-state index contributed by atoms with van der Waals surface area (Å²) in [4.78, 5) is 24.4. The number of nitrogens with one attached hydrogen (secondary N) is 2. The lowest BCUT2D eigenvalue weighted by molar-refractivity contribution is -0.120. The Kier molecular flexibility index (Phi) is 7.36. The molecule has 0 radical (unpaired) electrons. The van der Waals surface area contributed by atoms with Gasteiger partial charge in [0.05, 0.1) is 0 Å². The first-order chi connectivity index (χ1) is 13.7. The van der Waals surface area contributed by atoms with Crippen LogP contribution in [0.3, 0.4) is 0 Å². The van der Waals surface area contributed by atoms with Gasteiger partial charge >= 0.3 is 0 Å². The van der Waals surface area contributed by atoms with Gasteiger partial charge in [0.15, 0.2) is 0 Å². The third kappa shape index (κ3) is 6.05. The maximum absolute atomic E-state index is 12.3. The molecule has 1 aliphatic rings. The molecule has 0 unspecified atom stereocenters. The lowest BCUT2D eigenvalue weighted by Gasteiger charge is -2.20. The highest BCUT2D eigenvalue weighted by Crippen LogP contribution is 2.25. The van der Waals surface area contributed by atoms with Gasteiger partial charge in [-0.05, 0) is 55.5 Å². The molecule has 28 heavy (non-hydrogen) atoms. The summed E-state index contributed by atoms with van der Waals surface area (Å²) >= 11 is 0. The molecule has 0 bridgehead atoms. The Morgan fingerprint density at radius 2 is 1.68 bits per heavy atom. The minimum absolute atomic E-state index is 0.0833. The van der Waals surface area contributed by atoms with Crippen LogP contribution in [-0.4, -0.2) is 18.0 Å². The maximum atomic E-state index is 12.3. The molecule has 0 aliphatic heterocycles. The number of aryl methyl sites for hydroxylation is 1. The monoisotopic (exact) mass is 377 g/mol. The molecule has 1 saturated carbocycles. The molecule has 1 aliphatic carbocycles. The first-order valence-electron chi connectivity index (χ1n) is 9.99. The van der Waals surface area contributed by atoms with E-state index in [1.54, 1.807) is 30.5 Å². The zero-order chi connectivity index (χ0) is 19.6. The van der Waals surface area contributed by atoms with E-state index >= 15 is 0 Å². The fourth-order valence-corrected chi connectivity index (χ4v) is 3.42. The van der Waals surface area contributed by atoms with E-state index in [4.69, 9.17) is 0 Å². The molecule has 5 heteroatoms. The van der Waals surface area contributed by atoms with E-state index < -0.39 is 0 Å². The minimum Gasteiger partial charge on any atom is -0.326 e. The zero-order valence-corrected chi connectivity index (χ0v) is 16.1. The van der Waals surface area contributed by atoms with Crippen molar-refractivity contribution < 1.29 is 9.59 Å². The molecule has 0 aromatic heterocycles. The number of carbonyl (C=O) groups is 2. The van der Waals surface area contributed by atoms with E-state index in [9.17, 15) is 9.59 Å². The first-order valence-corrected chi connectivity index (χ1v) is 9.99. The maximum Gasteiger partial charge on any atom is 0.271 e. The molecule has 2 aromatic rings. The number of anilines is 1. The molecule has 0 saturated heterocycles. The Morgan fingerprint density at radius 3 is 2.39 bits per heavy atom. The summed E-state index contributed by atoms with van der Waals surface area (Å²) in [5.74, 6) is -0.0667. The third-order valence-electron chi connectivity index (χ3n) is 5.05. The van der Waals surface area contributed by atoms with E-state index in [1.165, 1.54) is 12.0 Å². The summed E-state index contributed by atoms with van der Waals surface area (Å²) in [5, 5.41) is 6.95. The predicted molar refractivity (Wildman–Crippen MR) is 112 cm³/mol.